The summed E-state index contributed by atoms with van der Waals surface area (Å²) in [5.41, 5.74) is 2.84. The molecule has 0 aromatic heterocycles. The van der Waals surface area contributed by atoms with Crippen LogP contribution in [0.4, 0.5) is 0 Å². The van der Waals surface area contributed by atoms with Gasteiger partial charge in [0.15, 0.2) is 17.3 Å². The van der Waals surface area contributed by atoms with Crippen LogP contribution in [0.15, 0.2) is 84.4 Å². The van der Waals surface area contributed by atoms with Gasteiger partial charge in [0, 0.05) is 22.3 Å². The Labute approximate surface area is 163 Å². The summed E-state index contributed by atoms with van der Waals surface area (Å²) >= 11 is 0. The highest BCUT2D eigenvalue weighted by molar-refractivity contribution is 6.49. The predicted molar refractivity (Wildman–Crippen MR) is 109 cm³/mol. The lowest BCUT2D eigenvalue weighted by Crippen LogP contribution is -2.26. The van der Waals surface area contributed by atoms with E-state index < -0.39 is 11.6 Å². The summed E-state index contributed by atoms with van der Waals surface area (Å²) in [7, 11) is 0. The van der Waals surface area contributed by atoms with Gasteiger partial charge in [-0.25, -0.2) is 0 Å². The van der Waals surface area contributed by atoms with Crippen molar-refractivity contribution in [1.29, 1.82) is 0 Å². The first kappa shape index (κ1) is 17.8. The maximum atomic E-state index is 13.3. The Morgan fingerprint density at radius 1 is 0.714 bits per heavy atom. The van der Waals surface area contributed by atoms with Crippen LogP contribution in [0.25, 0.3) is 5.57 Å². The highest BCUT2D eigenvalue weighted by Gasteiger charge is 2.36. The maximum absolute atomic E-state index is 13.3. The van der Waals surface area contributed by atoms with Gasteiger partial charge in [-0.2, -0.15) is 0 Å². The van der Waals surface area contributed by atoms with Gasteiger partial charge in [0.25, 0.3) is 0 Å². The topological polar surface area (TPSA) is 51.2 Å². The van der Waals surface area contributed by atoms with E-state index in [0.29, 0.717) is 16.7 Å². The van der Waals surface area contributed by atoms with Crippen LogP contribution in [0.2, 0.25) is 0 Å². The predicted octanol–water partition coefficient (Wildman–Crippen LogP) is 4.96. The maximum Gasteiger partial charge on any atom is 0.198 e. The van der Waals surface area contributed by atoms with Crippen molar-refractivity contribution in [3.05, 3.63) is 112 Å². The van der Waals surface area contributed by atoms with Crippen molar-refractivity contribution in [3.8, 4) is 0 Å². The second kappa shape index (κ2) is 7.20. The molecule has 0 heterocycles. The number of hydrogen-bond acceptors (Lipinski definition) is 3. The molecular formula is C25H18O3. The molecule has 0 atom stereocenters. The fraction of sp³-hybridized carbons (Fsp3) is 0.0800. The van der Waals surface area contributed by atoms with Crippen molar-refractivity contribution < 1.29 is 14.4 Å². The van der Waals surface area contributed by atoms with E-state index in [1.165, 1.54) is 0 Å². The Morgan fingerprint density at radius 2 is 1.29 bits per heavy atom. The molecule has 3 heteroatoms. The van der Waals surface area contributed by atoms with Crippen LogP contribution in [0.5, 0.6) is 0 Å². The second-order valence-corrected chi connectivity index (χ2v) is 6.70. The fourth-order valence-electron chi connectivity index (χ4n) is 3.51. The van der Waals surface area contributed by atoms with Crippen molar-refractivity contribution in [2.75, 3.05) is 0 Å². The molecule has 0 fully saturated rings. The quantitative estimate of drug-likeness (QED) is 0.484. The van der Waals surface area contributed by atoms with Crippen LogP contribution in [-0.4, -0.2) is 17.3 Å². The van der Waals surface area contributed by atoms with E-state index >= 15 is 0 Å². The summed E-state index contributed by atoms with van der Waals surface area (Å²) in [6, 6.07) is 22.7. The van der Waals surface area contributed by atoms with E-state index in [1.54, 1.807) is 54.6 Å². The zero-order valence-electron chi connectivity index (χ0n) is 15.4. The third kappa shape index (κ3) is 2.91. The summed E-state index contributed by atoms with van der Waals surface area (Å²) in [5, 5.41) is 0. The van der Waals surface area contributed by atoms with Crippen molar-refractivity contribution in [3.63, 3.8) is 0 Å². The van der Waals surface area contributed by atoms with Gasteiger partial charge in [-0.1, -0.05) is 85.8 Å². The van der Waals surface area contributed by atoms with E-state index in [2.05, 4.69) is 0 Å². The molecule has 136 valence electrons. The van der Waals surface area contributed by atoms with Crippen LogP contribution in [0.3, 0.4) is 0 Å². The number of hydrogen-bond donors (Lipinski definition) is 0. The Kier molecular flexibility index (Phi) is 4.58. The Balaban J connectivity index is 1.97. The van der Waals surface area contributed by atoms with Crippen molar-refractivity contribution >= 4 is 22.9 Å². The van der Waals surface area contributed by atoms with Crippen LogP contribution in [-0.2, 0) is 6.42 Å². The molecule has 0 unspecified atom stereocenters. The molecule has 28 heavy (non-hydrogen) atoms. The minimum atomic E-state index is -0.428. The molecule has 3 aromatic rings. The lowest BCUT2D eigenvalue weighted by atomic mass is 9.78. The molecule has 0 aliphatic heterocycles. The first-order valence-electron chi connectivity index (χ1n) is 9.23. The van der Waals surface area contributed by atoms with E-state index in [1.807, 2.05) is 31.2 Å². The molecule has 0 spiro atoms. The number of benzene rings is 3. The average Bonchev–Trinajstić information content (AvgIpc) is 2.76. The summed E-state index contributed by atoms with van der Waals surface area (Å²) in [6.45, 7) is 2.05. The zero-order valence-corrected chi connectivity index (χ0v) is 15.4. The fourth-order valence-corrected chi connectivity index (χ4v) is 3.51. The van der Waals surface area contributed by atoms with Gasteiger partial charge in [-0.05, 0) is 17.5 Å². The van der Waals surface area contributed by atoms with Crippen molar-refractivity contribution in [1.82, 2.24) is 0 Å². The molecular weight excluding hydrogens is 348 g/mol. The molecule has 1 aliphatic rings. The smallest absolute Gasteiger partial charge is 0.198 e. The van der Waals surface area contributed by atoms with Crippen LogP contribution in [0, 0.1) is 0 Å². The molecule has 0 radical (unpaired) electrons. The molecule has 0 bridgehead atoms. The van der Waals surface area contributed by atoms with Gasteiger partial charge in [-0.15, -0.1) is 0 Å². The number of aryl methyl sites for hydroxylation is 1. The number of Topliss-reactive ketones (excluding diaryl/α,β-unsaturated/α-hetero) is 3. The molecule has 3 nitrogen and oxygen atoms in total. The highest BCUT2D eigenvalue weighted by atomic mass is 16.2. The number of ketones is 3. The van der Waals surface area contributed by atoms with E-state index in [4.69, 9.17) is 0 Å². The van der Waals surface area contributed by atoms with Crippen molar-refractivity contribution in [2.45, 2.75) is 13.3 Å². The highest BCUT2D eigenvalue weighted by Crippen LogP contribution is 2.34. The summed E-state index contributed by atoms with van der Waals surface area (Å²) in [6.07, 6.45) is 0.866. The third-order valence-electron chi connectivity index (χ3n) is 5.03. The monoisotopic (exact) mass is 366 g/mol. The Bertz CT molecular complexity index is 1120. The standard InChI is InChI=1S/C25H18O3/c1-2-16-12-14-17(15-13-16)21-22(23(26)18-8-4-3-5-9-18)25(28)20-11-7-6-10-19(20)24(21)27/h3-15H,2H2,1H3. The van der Waals surface area contributed by atoms with Gasteiger partial charge in [-0.3, -0.25) is 14.4 Å². The average molecular weight is 366 g/mol. The normalized spacial score (nSPS) is 13.5. The molecule has 1 aliphatic carbocycles. The molecule has 0 N–H and O–H groups in total. The van der Waals surface area contributed by atoms with Gasteiger partial charge in [0.2, 0.25) is 0 Å². The largest absolute Gasteiger partial charge is 0.289 e. The molecule has 4 rings (SSSR count). The number of allylic oxidation sites excluding steroid dienone is 2. The lowest BCUT2D eigenvalue weighted by Gasteiger charge is -2.21. The van der Waals surface area contributed by atoms with Crippen LogP contribution in [0.1, 0.15) is 49.1 Å². The van der Waals surface area contributed by atoms with E-state index in [9.17, 15) is 14.4 Å². The van der Waals surface area contributed by atoms with Gasteiger partial charge in [0.05, 0.1) is 5.57 Å². The molecule has 0 saturated carbocycles. The third-order valence-corrected chi connectivity index (χ3v) is 5.03. The Morgan fingerprint density at radius 3 is 1.89 bits per heavy atom. The molecule has 3 aromatic carbocycles. The SMILES string of the molecule is CCc1ccc(C2=C(C(=O)c3ccccc3)C(=O)c3ccccc3C2=O)cc1. The first-order chi connectivity index (χ1) is 13.6. The summed E-state index contributed by atoms with van der Waals surface area (Å²) in [4.78, 5) is 39.8. The zero-order chi connectivity index (χ0) is 19.7. The second-order valence-electron chi connectivity index (χ2n) is 6.70. The van der Waals surface area contributed by atoms with E-state index in [-0.39, 0.29) is 22.5 Å². The Hall–Kier alpha value is -3.59. The number of carbonyl (C=O) groups is 3. The number of fused-ring (bicyclic) bond motifs is 1. The van der Waals surface area contributed by atoms with Gasteiger partial charge in [0.1, 0.15) is 0 Å². The van der Waals surface area contributed by atoms with Gasteiger partial charge >= 0.3 is 0 Å². The van der Waals surface area contributed by atoms with Gasteiger partial charge < -0.3 is 0 Å². The number of rotatable bonds is 4. The minimum absolute atomic E-state index is 0.0563. The van der Waals surface area contributed by atoms with Crippen LogP contribution >= 0.6 is 0 Å². The molecule has 0 amide bonds. The summed E-state index contributed by atoms with van der Waals surface area (Å²) in [5.74, 6) is -1.12. The molecule has 0 saturated heterocycles. The first-order valence-corrected chi connectivity index (χ1v) is 9.23. The minimum Gasteiger partial charge on any atom is -0.289 e. The number of carbonyl (C=O) groups excluding carboxylic acids is 3. The van der Waals surface area contributed by atoms with Crippen LogP contribution < -0.4 is 0 Å². The van der Waals surface area contributed by atoms with E-state index in [0.717, 1.165) is 12.0 Å². The summed E-state index contributed by atoms with van der Waals surface area (Å²) < 4.78 is 0. The lowest BCUT2D eigenvalue weighted by molar-refractivity contribution is 0.0940. The van der Waals surface area contributed by atoms with Crippen molar-refractivity contribution in [2.24, 2.45) is 0 Å².